The molecule has 1 aromatic heterocycles. The van der Waals surface area contributed by atoms with E-state index in [1.54, 1.807) is 0 Å². The van der Waals surface area contributed by atoms with E-state index in [-0.39, 0.29) is 6.04 Å². The van der Waals surface area contributed by atoms with Gasteiger partial charge in [-0.2, -0.15) is 13.2 Å². The van der Waals surface area contributed by atoms with Crippen LogP contribution in [0.5, 0.6) is 0 Å². The molecule has 1 fully saturated rings. The number of nitrogens with one attached hydrogen (secondary N) is 1. The van der Waals surface area contributed by atoms with Gasteiger partial charge in [0.25, 0.3) is 0 Å². The molecule has 0 bridgehead atoms. The van der Waals surface area contributed by atoms with Gasteiger partial charge in [0, 0.05) is 17.7 Å². The normalized spacial score (nSPS) is 25.0. The number of alkyl halides is 3. The molecule has 1 saturated heterocycles. The molecule has 1 aliphatic heterocycles. The zero-order valence-corrected chi connectivity index (χ0v) is 13.1. The van der Waals surface area contributed by atoms with E-state index in [0.29, 0.717) is 22.8 Å². The highest BCUT2D eigenvalue weighted by Gasteiger charge is 2.41. The second-order valence-corrected chi connectivity index (χ2v) is 6.63. The number of ether oxygens (including phenoxy) is 1. The Morgan fingerprint density at radius 1 is 1.48 bits per heavy atom. The number of rotatable bonds is 5. The van der Waals surface area contributed by atoms with Crippen molar-refractivity contribution in [3.63, 3.8) is 0 Å². The summed E-state index contributed by atoms with van der Waals surface area (Å²) in [6, 6.07) is -0.244. The third kappa shape index (κ3) is 3.96. The van der Waals surface area contributed by atoms with E-state index in [1.165, 1.54) is 6.20 Å². The fourth-order valence-electron chi connectivity index (χ4n) is 2.64. The maximum atomic E-state index is 12.8. The van der Waals surface area contributed by atoms with Gasteiger partial charge in [-0.3, -0.25) is 0 Å². The molecule has 1 aliphatic rings. The third-order valence-electron chi connectivity index (χ3n) is 3.76. The molecule has 2 unspecified atom stereocenters. The topological polar surface area (TPSA) is 34.2 Å². The minimum Gasteiger partial charge on any atom is -0.373 e. The van der Waals surface area contributed by atoms with Crippen molar-refractivity contribution in [3.8, 4) is 0 Å². The van der Waals surface area contributed by atoms with Crippen molar-refractivity contribution in [3.05, 3.63) is 16.1 Å². The molecule has 2 rings (SSSR count). The molecule has 3 nitrogen and oxygen atoms in total. The Hall–Kier alpha value is -0.660. The molecule has 0 aliphatic carbocycles. The molecule has 0 aromatic carbocycles. The van der Waals surface area contributed by atoms with Gasteiger partial charge in [0.15, 0.2) is 5.01 Å². The van der Waals surface area contributed by atoms with E-state index in [9.17, 15) is 13.2 Å². The molecule has 120 valence electrons. The van der Waals surface area contributed by atoms with Crippen LogP contribution < -0.4 is 5.32 Å². The highest BCUT2D eigenvalue weighted by atomic mass is 32.1. The first-order valence-corrected chi connectivity index (χ1v) is 8.09. The summed E-state index contributed by atoms with van der Waals surface area (Å²) >= 11 is 0.712. The van der Waals surface area contributed by atoms with Crippen molar-refractivity contribution in [2.45, 2.75) is 57.3 Å². The smallest absolute Gasteiger partial charge is 0.373 e. The molecule has 0 amide bonds. The van der Waals surface area contributed by atoms with Crippen molar-refractivity contribution in [2.24, 2.45) is 0 Å². The number of nitrogens with zero attached hydrogens (tertiary/aromatic N) is 1. The predicted molar refractivity (Wildman–Crippen MR) is 76.4 cm³/mol. The van der Waals surface area contributed by atoms with E-state index in [1.807, 2.05) is 13.8 Å². The van der Waals surface area contributed by atoms with E-state index in [0.717, 1.165) is 32.2 Å². The van der Waals surface area contributed by atoms with Crippen LogP contribution >= 0.6 is 11.3 Å². The average Bonchev–Trinajstić information content (AvgIpc) is 2.89. The van der Waals surface area contributed by atoms with Gasteiger partial charge in [-0.25, -0.2) is 4.98 Å². The van der Waals surface area contributed by atoms with Crippen LogP contribution in [0.4, 0.5) is 13.2 Å². The molecule has 1 N–H and O–H groups in total. The van der Waals surface area contributed by atoms with E-state index in [2.05, 4.69) is 10.3 Å². The summed E-state index contributed by atoms with van der Waals surface area (Å²) in [6.07, 6.45) is 0.750. The van der Waals surface area contributed by atoms with E-state index in [4.69, 9.17) is 4.74 Å². The molecule has 7 heteroatoms. The molecule has 2 atom stereocenters. The van der Waals surface area contributed by atoms with Crippen LogP contribution in [0.25, 0.3) is 0 Å². The van der Waals surface area contributed by atoms with Gasteiger partial charge in [-0.15, -0.1) is 11.3 Å². The molecule has 0 saturated carbocycles. The van der Waals surface area contributed by atoms with Crippen molar-refractivity contribution in [2.75, 3.05) is 13.2 Å². The monoisotopic (exact) mass is 322 g/mol. The van der Waals surface area contributed by atoms with Gasteiger partial charge in [0.2, 0.25) is 0 Å². The Morgan fingerprint density at radius 2 is 2.24 bits per heavy atom. The van der Waals surface area contributed by atoms with Gasteiger partial charge < -0.3 is 10.1 Å². The summed E-state index contributed by atoms with van der Waals surface area (Å²) in [4.78, 5) is 4.14. The Balaban J connectivity index is 2.24. The molecule has 21 heavy (non-hydrogen) atoms. The Bertz CT molecular complexity index is 455. The van der Waals surface area contributed by atoms with Crippen molar-refractivity contribution < 1.29 is 17.9 Å². The first-order valence-electron chi connectivity index (χ1n) is 7.27. The van der Waals surface area contributed by atoms with Gasteiger partial charge in [0.05, 0.1) is 11.6 Å². The van der Waals surface area contributed by atoms with Crippen molar-refractivity contribution >= 4 is 11.3 Å². The van der Waals surface area contributed by atoms with Crippen LogP contribution in [-0.4, -0.2) is 23.7 Å². The summed E-state index contributed by atoms with van der Waals surface area (Å²) in [7, 11) is 0. The highest BCUT2D eigenvalue weighted by Crippen LogP contribution is 2.41. The standard InChI is InChI=1S/C14H21F3N2OS/c1-3-7-18-11(13(2)6-4-5-8-20-13)10-9-19-12(21-10)14(15,16)17/h9,11,18H,3-8H2,1-2H3. The zero-order valence-electron chi connectivity index (χ0n) is 12.3. The minimum absolute atomic E-state index is 0.244. The SMILES string of the molecule is CCCNC(c1cnc(C(F)(F)F)s1)C1(C)CCCCO1. The van der Waals surface area contributed by atoms with Crippen molar-refractivity contribution in [1.29, 1.82) is 0 Å². The van der Waals surface area contributed by atoms with Crippen LogP contribution in [0.3, 0.4) is 0 Å². The highest BCUT2D eigenvalue weighted by molar-refractivity contribution is 7.11. The lowest BCUT2D eigenvalue weighted by Crippen LogP contribution is -2.45. The second-order valence-electron chi connectivity index (χ2n) is 5.57. The lowest BCUT2D eigenvalue weighted by molar-refractivity contribution is -0.137. The van der Waals surface area contributed by atoms with E-state index >= 15 is 0 Å². The summed E-state index contributed by atoms with van der Waals surface area (Å²) < 4.78 is 44.2. The summed E-state index contributed by atoms with van der Waals surface area (Å²) in [5, 5.41) is 2.55. The molecule has 0 radical (unpaired) electrons. The number of aromatic nitrogens is 1. The van der Waals surface area contributed by atoms with Crippen LogP contribution in [-0.2, 0) is 10.9 Å². The fraction of sp³-hybridized carbons (Fsp3) is 0.786. The van der Waals surface area contributed by atoms with Gasteiger partial charge >= 0.3 is 6.18 Å². The lowest BCUT2D eigenvalue weighted by atomic mass is 9.87. The largest absolute Gasteiger partial charge is 0.443 e. The Morgan fingerprint density at radius 3 is 2.76 bits per heavy atom. The van der Waals surface area contributed by atoms with Crippen LogP contribution in [0.2, 0.25) is 0 Å². The van der Waals surface area contributed by atoms with E-state index < -0.39 is 16.8 Å². The second kappa shape index (κ2) is 6.62. The molecule has 1 aromatic rings. The van der Waals surface area contributed by atoms with Crippen LogP contribution in [0.1, 0.15) is 55.5 Å². The number of thiazole rings is 1. The number of hydrogen-bond donors (Lipinski definition) is 1. The lowest BCUT2D eigenvalue weighted by Gasteiger charge is -2.40. The Labute approximate surface area is 126 Å². The predicted octanol–water partition coefficient (Wildman–Crippen LogP) is 4.16. The quantitative estimate of drug-likeness (QED) is 0.884. The minimum atomic E-state index is -4.38. The Kier molecular flexibility index (Phi) is 5.27. The summed E-state index contributed by atoms with van der Waals surface area (Å²) in [5.74, 6) is 0. The number of hydrogen-bond acceptors (Lipinski definition) is 4. The maximum absolute atomic E-state index is 12.8. The maximum Gasteiger partial charge on any atom is 0.443 e. The van der Waals surface area contributed by atoms with Gasteiger partial charge in [-0.1, -0.05) is 6.92 Å². The first kappa shape index (κ1) is 16.7. The zero-order chi connectivity index (χ0) is 15.5. The van der Waals surface area contributed by atoms with Crippen LogP contribution in [0.15, 0.2) is 6.20 Å². The van der Waals surface area contributed by atoms with Crippen LogP contribution in [0, 0.1) is 0 Å². The molecule has 0 spiro atoms. The van der Waals surface area contributed by atoms with Gasteiger partial charge in [0.1, 0.15) is 0 Å². The average molecular weight is 322 g/mol. The van der Waals surface area contributed by atoms with Crippen molar-refractivity contribution in [1.82, 2.24) is 10.3 Å². The number of halogens is 3. The summed E-state index contributed by atoms with van der Waals surface area (Å²) in [5.41, 5.74) is -0.469. The van der Waals surface area contributed by atoms with Gasteiger partial charge in [-0.05, 0) is 39.2 Å². The molecule has 2 heterocycles. The molecular formula is C14H21F3N2OS. The third-order valence-corrected chi connectivity index (χ3v) is 4.87. The molecular weight excluding hydrogens is 301 g/mol. The summed E-state index contributed by atoms with van der Waals surface area (Å²) in [6.45, 7) is 5.41. The first-order chi connectivity index (χ1) is 9.87. The fourth-order valence-corrected chi connectivity index (χ4v) is 3.64.